The molecule has 19 heavy (non-hydrogen) atoms. The average Bonchev–Trinajstić information content (AvgIpc) is 2.40. The smallest absolute Gasteiger partial charge is 0.254 e. The normalized spacial score (nSPS) is 23.3. The van der Waals surface area contributed by atoms with Crippen LogP contribution in [0, 0.1) is 0 Å². The van der Waals surface area contributed by atoms with E-state index in [0.717, 1.165) is 25.7 Å². The number of rotatable bonds is 3. The van der Waals surface area contributed by atoms with E-state index >= 15 is 0 Å². The molecule has 2 fully saturated rings. The molecule has 2 aliphatic rings. The minimum absolute atomic E-state index is 0.0497. The van der Waals surface area contributed by atoms with Gasteiger partial charge in [-0.2, -0.15) is 0 Å². The van der Waals surface area contributed by atoms with Crippen LogP contribution in [0.25, 0.3) is 0 Å². The molecule has 1 N–H and O–H groups in total. The fourth-order valence-corrected chi connectivity index (χ4v) is 3.66. The fraction of sp³-hybridized carbons (Fsp3) is 0.938. The van der Waals surface area contributed by atoms with Gasteiger partial charge < -0.3 is 10.0 Å². The monoisotopic (exact) mass is 267 g/mol. The summed E-state index contributed by atoms with van der Waals surface area (Å²) in [5.41, 5.74) is -1.23. The minimum Gasteiger partial charge on any atom is -0.381 e. The molecule has 0 bridgehead atoms. The first-order valence-electron chi connectivity index (χ1n) is 8.05. The van der Waals surface area contributed by atoms with Crippen molar-refractivity contribution in [2.24, 2.45) is 0 Å². The van der Waals surface area contributed by atoms with Gasteiger partial charge in [-0.15, -0.1) is 0 Å². The second kappa shape index (κ2) is 6.25. The first kappa shape index (κ1) is 14.8. The molecule has 0 radical (unpaired) electrons. The highest BCUT2D eigenvalue weighted by Crippen LogP contribution is 2.31. The van der Waals surface area contributed by atoms with Crippen LogP contribution >= 0.6 is 0 Å². The van der Waals surface area contributed by atoms with E-state index in [2.05, 4.69) is 4.90 Å². The molecule has 2 rings (SSSR count). The third kappa shape index (κ3) is 3.71. The first-order valence-corrected chi connectivity index (χ1v) is 8.05. The van der Waals surface area contributed by atoms with Crippen molar-refractivity contribution in [2.75, 3.05) is 0 Å². The predicted octanol–water partition coefficient (Wildman–Crippen LogP) is 3.25. The van der Waals surface area contributed by atoms with E-state index in [4.69, 9.17) is 0 Å². The molecule has 1 amide bonds. The van der Waals surface area contributed by atoms with Crippen molar-refractivity contribution in [3.8, 4) is 0 Å². The van der Waals surface area contributed by atoms with Crippen molar-refractivity contribution in [3.05, 3.63) is 0 Å². The average molecular weight is 267 g/mol. The molecule has 2 saturated carbocycles. The van der Waals surface area contributed by atoms with Gasteiger partial charge in [-0.05, 0) is 39.5 Å². The number of nitrogens with zero attached hydrogens (tertiary/aromatic N) is 1. The molecule has 0 heterocycles. The number of amides is 1. The largest absolute Gasteiger partial charge is 0.381 e. The zero-order chi connectivity index (χ0) is 13.9. The second-order valence-corrected chi connectivity index (χ2v) is 6.86. The summed E-state index contributed by atoms with van der Waals surface area (Å²) in [6.07, 6.45) is 12.0. The lowest BCUT2D eigenvalue weighted by atomic mass is 9.87. The molecule has 0 aromatic carbocycles. The number of carbonyl (C=O) groups excluding carboxylic acids is 1. The highest BCUT2D eigenvalue weighted by Gasteiger charge is 2.38. The van der Waals surface area contributed by atoms with Gasteiger partial charge in [-0.1, -0.05) is 38.5 Å². The highest BCUT2D eigenvalue weighted by atomic mass is 16.3. The van der Waals surface area contributed by atoms with Crippen molar-refractivity contribution in [2.45, 2.75) is 95.7 Å². The lowest BCUT2D eigenvalue weighted by Gasteiger charge is -2.44. The van der Waals surface area contributed by atoms with Crippen LogP contribution in [0.5, 0.6) is 0 Å². The van der Waals surface area contributed by atoms with Gasteiger partial charge in [0.05, 0.1) is 0 Å². The molecular formula is C16H29NO2. The van der Waals surface area contributed by atoms with E-state index in [1.807, 2.05) is 0 Å². The summed E-state index contributed by atoms with van der Waals surface area (Å²) >= 11 is 0. The van der Waals surface area contributed by atoms with Crippen LogP contribution in [0.2, 0.25) is 0 Å². The molecule has 3 nitrogen and oxygen atoms in total. The topological polar surface area (TPSA) is 40.5 Å². The van der Waals surface area contributed by atoms with Gasteiger partial charge in [0.25, 0.3) is 5.91 Å². The summed E-state index contributed by atoms with van der Waals surface area (Å²) in [6, 6.07) is 0.742. The van der Waals surface area contributed by atoms with Gasteiger partial charge in [0.2, 0.25) is 0 Å². The van der Waals surface area contributed by atoms with Gasteiger partial charge in [-0.3, -0.25) is 4.79 Å². The van der Waals surface area contributed by atoms with Crippen molar-refractivity contribution in [1.29, 1.82) is 0 Å². The lowest BCUT2D eigenvalue weighted by Crippen LogP contribution is -2.55. The van der Waals surface area contributed by atoms with E-state index in [1.165, 1.54) is 38.5 Å². The van der Waals surface area contributed by atoms with Crippen molar-refractivity contribution >= 4 is 5.91 Å². The van der Waals surface area contributed by atoms with Crippen LogP contribution < -0.4 is 0 Å². The maximum absolute atomic E-state index is 12.6. The van der Waals surface area contributed by atoms with Gasteiger partial charge in [-0.25, -0.2) is 0 Å². The van der Waals surface area contributed by atoms with Crippen LogP contribution in [-0.2, 0) is 4.79 Å². The van der Waals surface area contributed by atoms with Crippen molar-refractivity contribution in [3.63, 3.8) is 0 Å². The van der Waals surface area contributed by atoms with Gasteiger partial charge in [0, 0.05) is 12.1 Å². The van der Waals surface area contributed by atoms with E-state index < -0.39 is 5.60 Å². The summed E-state index contributed by atoms with van der Waals surface area (Å²) in [7, 11) is 0. The number of hydrogen-bond acceptors (Lipinski definition) is 2. The zero-order valence-electron chi connectivity index (χ0n) is 12.5. The predicted molar refractivity (Wildman–Crippen MR) is 76.9 cm³/mol. The Morgan fingerprint density at radius 3 is 1.58 bits per heavy atom. The summed E-state index contributed by atoms with van der Waals surface area (Å²) in [5.74, 6) is -0.0497. The SMILES string of the molecule is CC(C)(O)C(=O)N(C1CCCCC1)C1CCCCC1. The Morgan fingerprint density at radius 1 is 0.895 bits per heavy atom. The summed E-state index contributed by atoms with van der Waals surface area (Å²) < 4.78 is 0. The Hall–Kier alpha value is -0.570. The van der Waals surface area contributed by atoms with Gasteiger partial charge in [0.15, 0.2) is 0 Å². The molecule has 0 atom stereocenters. The van der Waals surface area contributed by atoms with Crippen molar-refractivity contribution < 1.29 is 9.90 Å². The second-order valence-electron chi connectivity index (χ2n) is 6.86. The summed E-state index contributed by atoms with van der Waals surface area (Å²) in [4.78, 5) is 14.7. The van der Waals surface area contributed by atoms with Crippen LogP contribution in [0.15, 0.2) is 0 Å². The Bertz CT molecular complexity index is 278. The minimum atomic E-state index is -1.23. The maximum Gasteiger partial charge on any atom is 0.254 e. The van der Waals surface area contributed by atoms with Crippen LogP contribution in [0.1, 0.15) is 78.1 Å². The molecule has 0 unspecified atom stereocenters. The van der Waals surface area contributed by atoms with Crippen molar-refractivity contribution in [1.82, 2.24) is 4.90 Å². The third-order valence-electron chi connectivity index (χ3n) is 4.69. The van der Waals surface area contributed by atoms with Crippen LogP contribution in [-0.4, -0.2) is 33.6 Å². The maximum atomic E-state index is 12.6. The number of aliphatic hydroxyl groups is 1. The van der Waals surface area contributed by atoms with E-state index in [1.54, 1.807) is 13.8 Å². The summed E-state index contributed by atoms with van der Waals surface area (Å²) in [6.45, 7) is 3.27. The highest BCUT2D eigenvalue weighted by molar-refractivity contribution is 5.84. The Kier molecular flexibility index (Phi) is 4.88. The van der Waals surface area contributed by atoms with Gasteiger partial charge in [0.1, 0.15) is 5.60 Å². The first-order chi connectivity index (χ1) is 9.00. The van der Waals surface area contributed by atoms with Gasteiger partial charge >= 0.3 is 0 Å². The molecule has 2 aliphatic carbocycles. The third-order valence-corrected chi connectivity index (χ3v) is 4.69. The van der Waals surface area contributed by atoms with E-state index in [9.17, 15) is 9.90 Å². The molecule has 3 heteroatoms. The summed E-state index contributed by atoms with van der Waals surface area (Å²) in [5, 5.41) is 10.1. The lowest BCUT2D eigenvalue weighted by molar-refractivity contribution is -0.155. The number of hydrogen-bond donors (Lipinski definition) is 1. The Labute approximate surface area is 117 Å². The van der Waals surface area contributed by atoms with Crippen LogP contribution in [0.3, 0.4) is 0 Å². The van der Waals surface area contributed by atoms with E-state index in [-0.39, 0.29) is 5.91 Å². The van der Waals surface area contributed by atoms with Crippen LogP contribution in [0.4, 0.5) is 0 Å². The standard InChI is InChI=1S/C16H29NO2/c1-16(2,19)15(18)17(13-9-5-3-6-10-13)14-11-7-4-8-12-14/h13-14,19H,3-12H2,1-2H3. The fourth-order valence-electron chi connectivity index (χ4n) is 3.66. The Balaban J connectivity index is 2.13. The molecule has 0 aliphatic heterocycles. The number of carbonyl (C=O) groups is 1. The molecule has 110 valence electrons. The molecule has 0 spiro atoms. The molecule has 0 saturated heterocycles. The molecule has 0 aromatic rings. The van der Waals surface area contributed by atoms with E-state index in [0.29, 0.717) is 12.1 Å². The molecular weight excluding hydrogens is 238 g/mol. The molecule has 0 aromatic heterocycles. The zero-order valence-corrected chi connectivity index (χ0v) is 12.5. The quantitative estimate of drug-likeness (QED) is 0.852. The Morgan fingerprint density at radius 2 is 1.26 bits per heavy atom.